The van der Waals surface area contributed by atoms with Gasteiger partial charge in [-0.3, -0.25) is 4.79 Å². The number of carbonyl (C=O) groups is 1. The highest BCUT2D eigenvalue weighted by Crippen LogP contribution is 2.42. The summed E-state index contributed by atoms with van der Waals surface area (Å²) in [6.07, 6.45) is 5.07. The molecular weight excluding hydrogens is 284 g/mol. The third-order valence-electron chi connectivity index (χ3n) is 4.50. The van der Waals surface area contributed by atoms with Crippen LogP contribution in [0.5, 0.6) is 0 Å². The van der Waals surface area contributed by atoms with Crippen LogP contribution in [0, 0.1) is 6.92 Å². The lowest BCUT2D eigenvalue weighted by molar-refractivity contribution is -0.125. The average molecular weight is 300 g/mol. The number of hydrogen-bond acceptors (Lipinski definition) is 5. The van der Waals surface area contributed by atoms with Crippen molar-refractivity contribution in [3.8, 4) is 11.4 Å². The summed E-state index contributed by atoms with van der Waals surface area (Å²) >= 11 is 1.58. The van der Waals surface area contributed by atoms with Crippen molar-refractivity contribution in [2.24, 2.45) is 0 Å². The molecule has 4 rings (SSSR count). The van der Waals surface area contributed by atoms with E-state index < -0.39 is 0 Å². The van der Waals surface area contributed by atoms with Crippen LogP contribution in [-0.4, -0.2) is 32.3 Å². The maximum Gasteiger partial charge on any atom is 0.210 e. The Morgan fingerprint density at radius 3 is 3.05 bits per heavy atom. The number of aromatic nitrogens is 3. The Labute approximate surface area is 127 Å². The Hall–Kier alpha value is -1.82. The molecule has 0 aliphatic carbocycles. The van der Waals surface area contributed by atoms with Crippen LogP contribution in [0.15, 0.2) is 10.9 Å². The molecule has 2 aliphatic heterocycles. The zero-order valence-electron chi connectivity index (χ0n) is 11.8. The van der Waals surface area contributed by atoms with E-state index in [0.717, 1.165) is 55.0 Å². The first-order valence-electron chi connectivity index (χ1n) is 7.26. The first-order valence-corrected chi connectivity index (χ1v) is 8.21. The molecule has 2 atom stereocenters. The number of amides is 1. The van der Waals surface area contributed by atoms with Crippen molar-refractivity contribution in [3.05, 3.63) is 28.0 Å². The van der Waals surface area contributed by atoms with Crippen molar-refractivity contribution in [1.29, 1.82) is 0 Å². The summed E-state index contributed by atoms with van der Waals surface area (Å²) in [5.74, 6) is 0.756. The number of fused-ring (bicyclic) bond motifs is 4. The van der Waals surface area contributed by atoms with Gasteiger partial charge >= 0.3 is 0 Å². The van der Waals surface area contributed by atoms with Gasteiger partial charge in [-0.1, -0.05) is 0 Å². The van der Waals surface area contributed by atoms with Gasteiger partial charge in [-0.05, 0) is 32.6 Å². The van der Waals surface area contributed by atoms with E-state index in [9.17, 15) is 4.79 Å². The lowest BCUT2D eigenvalue weighted by Gasteiger charge is -2.44. The molecule has 0 radical (unpaired) electrons. The molecule has 0 saturated carbocycles. The van der Waals surface area contributed by atoms with Crippen LogP contribution in [0.1, 0.15) is 42.4 Å². The van der Waals surface area contributed by atoms with Crippen molar-refractivity contribution < 1.29 is 4.79 Å². The molecule has 0 N–H and O–H groups in total. The van der Waals surface area contributed by atoms with E-state index in [0.29, 0.717) is 0 Å². The smallest absolute Gasteiger partial charge is 0.210 e. The highest BCUT2D eigenvalue weighted by molar-refractivity contribution is 7.07. The lowest BCUT2D eigenvalue weighted by atomic mass is 9.82. The highest BCUT2D eigenvalue weighted by atomic mass is 32.1. The predicted octanol–water partition coefficient (Wildman–Crippen LogP) is 2.52. The fourth-order valence-corrected chi connectivity index (χ4v) is 4.15. The van der Waals surface area contributed by atoms with Crippen LogP contribution in [0.25, 0.3) is 11.4 Å². The summed E-state index contributed by atoms with van der Waals surface area (Å²) in [5, 5.41) is 2.03. The number of hydrogen-bond donors (Lipinski definition) is 0. The van der Waals surface area contributed by atoms with Crippen LogP contribution < -0.4 is 0 Å². The van der Waals surface area contributed by atoms with E-state index in [2.05, 4.69) is 15.0 Å². The maximum absolute atomic E-state index is 11.5. The summed E-state index contributed by atoms with van der Waals surface area (Å²) in [6, 6.07) is 0.404. The Morgan fingerprint density at radius 2 is 2.29 bits per heavy atom. The van der Waals surface area contributed by atoms with E-state index in [1.54, 1.807) is 11.3 Å². The molecule has 1 saturated heterocycles. The SMILES string of the molecule is Cc1nc(-c2cscn2)c2c(n1)C1CCCC(C2)N1C=O. The molecule has 2 aromatic heterocycles. The van der Waals surface area contributed by atoms with Gasteiger partial charge in [0.25, 0.3) is 0 Å². The summed E-state index contributed by atoms with van der Waals surface area (Å²) in [5.41, 5.74) is 5.95. The van der Waals surface area contributed by atoms with Gasteiger partial charge in [0.05, 0.1) is 28.6 Å². The van der Waals surface area contributed by atoms with Gasteiger partial charge in [-0.15, -0.1) is 11.3 Å². The zero-order chi connectivity index (χ0) is 14.4. The molecule has 0 spiro atoms. The maximum atomic E-state index is 11.5. The highest BCUT2D eigenvalue weighted by Gasteiger charge is 2.39. The van der Waals surface area contributed by atoms with Gasteiger partial charge in [0.1, 0.15) is 5.82 Å². The Balaban J connectivity index is 1.91. The number of carbonyl (C=O) groups excluding carboxylic acids is 1. The normalized spacial score (nSPS) is 23.8. The minimum Gasteiger partial charge on any atom is -0.333 e. The van der Waals surface area contributed by atoms with Crippen LogP contribution in [0.3, 0.4) is 0 Å². The number of nitrogens with zero attached hydrogens (tertiary/aromatic N) is 4. The monoisotopic (exact) mass is 300 g/mol. The summed E-state index contributed by atoms with van der Waals surface area (Å²) < 4.78 is 0. The fourth-order valence-electron chi connectivity index (χ4n) is 3.62. The van der Waals surface area contributed by atoms with Crippen molar-refractivity contribution in [2.45, 2.75) is 44.7 Å². The van der Waals surface area contributed by atoms with Crippen molar-refractivity contribution >= 4 is 17.7 Å². The Morgan fingerprint density at radius 1 is 1.38 bits per heavy atom. The molecule has 0 aromatic carbocycles. The second kappa shape index (κ2) is 4.87. The average Bonchev–Trinajstić information content (AvgIpc) is 3.01. The van der Waals surface area contributed by atoms with Gasteiger partial charge in [0.15, 0.2) is 0 Å². The summed E-state index contributed by atoms with van der Waals surface area (Å²) in [7, 11) is 0. The minimum atomic E-state index is 0.115. The van der Waals surface area contributed by atoms with E-state index in [4.69, 9.17) is 0 Å². The van der Waals surface area contributed by atoms with Crippen molar-refractivity contribution in [3.63, 3.8) is 0 Å². The van der Waals surface area contributed by atoms with Gasteiger partial charge in [0.2, 0.25) is 6.41 Å². The van der Waals surface area contributed by atoms with Crippen LogP contribution in [-0.2, 0) is 11.2 Å². The second-order valence-corrected chi connectivity index (χ2v) is 6.43. The van der Waals surface area contributed by atoms with Crippen molar-refractivity contribution in [2.75, 3.05) is 0 Å². The fraction of sp³-hybridized carbons (Fsp3) is 0.467. The first-order chi connectivity index (χ1) is 10.3. The molecule has 1 fully saturated rings. The molecule has 5 nitrogen and oxygen atoms in total. The van der Waals surface area contributed by atoms with Gasteiger partial charge in [0, 0.05) is 17.0 Å². The minimum absolute atomic E-state index is 0.115. The molecule has 1 amide bonds. The number of thiazole rings is 1. The van der Waals surface area contributed by atoms with Gasteiger partial charge < -0.3 is 4.90 Å². The summed E-state index contributed by atoms with van der Waals surface area (Å²) in [6.45, 7) is 1.91. The predicted molar refractivity (Wildman–Crippen MR) is 79.9 cm³/mol. The quantitative estimate of drug-likeness (QED) is 0.800. The van der Waals surface area contributed by atoms with Crippen LogP contribution in [0.2, 0.25) is 0 Å². The van der Waals surface area contributed by atoms with Crippen LogP contribution in [0.4, 0.5) is 0 Å². The van der Waals surface area contributed by atoms with E-state index in [-0.39, 0.29) is 12.1 Å². The zero-order valence-corrected chi connectivity index (χ0v) is 12.6. The number of piperidine rings is 1. The lowest BCUT2D eigenvalue weighted by Crippen LogP contribution is -2.46. The number of rotatable bonds is 2. The molecule has 2 bridgehead atoms. The first kappa shape index (κ1) is 12.9. The molecule has 108 valence electrons. The van der Waals surface area contributed by atoms with Crippen LogP contribution >= 0.6 is 11.3 Å². The Kier molecular flexibility index (Phi) is 2.99. The van der Waals surface area contributed by atoms with Gasteiger partial charge in [-0.2, -0.15) is 0 Å². The largest absolute Gasteiger partial charge is 0.333 e. The Bertz CT molecular complexity index is 685. The molecule has 21 heavy (non-hydrogen) atoms. The molecule has 6 heteroatoms. The van der Waals surface area contributed by atoms with E-state index in [1.165, 1.54) is 5.56 Å². The second-order valence-electron chi connectivity index (χ2n) is 5.71. The third kappa shape index (κ3) is 1.97. The van der Waals surface area contributed by atoms with E-state index in [1.807, 2.05) is 22.7 Å². The molecule has 4 heterocycles. The third-order valence-corrected chi connectivity index (χ3v) is 5.09. The molecule has 2 aliphatic rings. The van der Waals surface area contributed by atoms with Gasteiger partial charge in [-0.25, -0.2) is 15.0 Å². The van der Waals surface area contributed by atoms with Crippen molar-refractivity contribution in [1.82, 2.24) is 19.9 Å². The standard InChI is InChI=1S/C15H16N4OS/c1-9-17-14(12-6-21-7-16-12)11-5-10-3-2-4-13(15(11)18-9)19(10)8-20/h6-8,10,13H,2-5H2,1H3. The summed E-state index contributed by atoms with van der Waals surface area (Å²) in [4.78, 5) is 27.1. The molecular formula is C15H16N4OS. The number of aryl methyl sites for hydroxylation is 1. The molecule has 2 aromatic rings. The molecule has 2 unspecified atom stereocenters. The topological polar surface area (TPSA) is 59.0 Å². The van der Waals surface area contributed by atoms with E-state index >= 15 is 0 Å².